The van der Waals surface area contributed by atoms with Crippen molar-refractivity contribution in [3.63, 3.8) is 0 Å². The van der Waals surface area contributed by atoms with Crippen LogP contribution >= 0.6 is 0 Å². The highest BCUT2D eigenvalue weighted by atomic mass is 28.4. The minimum absolute atomic E-state index is 1.06. The maximum Gasteiger partial charge on any atom is 0.360 e. The largest absolute Gasteiger partial charge is 0.395 e. The van der Waals surface area contributed by atoms with Crippen LogP contribution in [-0.4, -0.2) is 53.6 Å². The lowest BCUT2D eigenvalue weighted by atomic mass is 11.2. The molecule has 0 atom stereocenters. The van der Waals surface area contributed by atoms with Crippen LogP contribution in [0.2, 0.25) is 26.2 Å². The van der Waals surface area contributed by atoms with Crippen LogP contribution in [0.15, 0.2) is 22.8 Å². The lowest BCUT2D eigenvalue weighted by Gasteiger charge is -2.40. The average Bonchev–Trinajstić information content (AvgIpc) is 2.43. The van der Waals surface area contributed by atoms with E-state index in [9.17, 15) is 0 Å². The Morgan fingerprint density at radius 1 is 0.632 bits per heavy atom. The number of hydrogen-bond donors (Lipinski definition) is 0. The summed E-state index contributed by atoms with van der Waals surface area (Å²) in [5, 5.41) is 0. The summed E-state index contributed by atoms with van der Waals surface area (Å²) in [6, 6.07) is 0. The third-order valence-corrected chi connectivity index (χ3v) is 19.0. The molecule has 7 heteroatoms. The first kappa shape index (κ1) is 19.0. The predicted molar refractivity (Wildman–Crippen MR) is 87.0 cm³/mol. The quantitative estimate of drug-likeness (QED) is 0.644. The molecule has 0 fully saturated rings. The van der Waals surface area contributed by atoms with E-state index < -0.39 is 25.2 Å². The van der Waals surface area contributed by atoms with Crippen molar-refractivity contribution in [1.82, 2.24) is 0 Å². The van der Waals surface area contributed by atoms with Gasteiger partial charge in [0.2, 0.25) is 0 Å². The highest BCUT2D eigenvalue weighted by Gasteiger charge is 2.50. The third-order valence-electron chi connectivity index (χ3n) is 4.16. The van der Waals surface area contributed by atoms with Crippen molar-refractivity contribution < 1.29 is 17.7 Å². The molecule has 0 rings (SSSR count). The molecule has 0 aliphatic carbocycles. The summed E-state index contributed by atoms with van der Waals surface area (Å²) in [6.07, 6.45) is 0. The Kier molecular flexibility index (Phi) is 6.61. The van der Waals surface area contributed by atoms with Crippen molar-refractivity contribution in [3.8, 4) is 0 Å². The molecule has 0 amide bonds. The molecule has 0 saturated heterocycles. The summed E-state index contributed by atoms with van der Waals surface area (Å²) >= 11 is 0. The van der Waals surface area contributed by atoms with Gasteiger partial charge in [-0.15, -0.1) is 13.2 Å². The highest BCUT2D eigenvalue weighted by molar-refractivity contribution is 7.12. The second kappa shape index (κ2) is 6.62. The highest BCUT2D eigenvalue weighted by Crippen LogP contribution is 2.34. The van der Waals surface area contributed by atoms with E-state index in [4.69, 9.17) is 17.7 Å². The minimum Gasteiger partial charge on any atom is -0.395 e. The van der Waals surface area contributed by atoms with Crippen molar-refractivity contribution in [2.75, 3.05) is 28.4 Å². The van der Waals surface area contributed by atoms with Gasteiger partial charge in [0.1, 0.15) is 8.07 Å². The van der Waals surface area contributed by atoms with E-state index in [-0.39, 0.29) is 0 Å². The molecular weight excluding hydrogens is 292 g/mol. The molecule has 0 aromatic carbocycles. The van der Waals surface area contributed by atoms with Gasteiger partial charge in [-0.3, -0.25) is 0 Å². The summed E-state index contributed by atoms with van der Waals surface area (Å²) in [4.78, 5) is 2.12. The molecule has 0 aliphatic rings. The van der Waals surface area contributed by atoms with Gasteiger partial charge in [-0.2, -0.15) is 0 Å². The molecule has 112 valence electrons. The molecule has 0 heterocycles. The molecule has 19 heavy (non-hydrogen) atoms. The fourth-order valence-corrected chi connectivity index (χ4v) is 15.2. The molecular formula is C12H28O4Si3. The van der Waals surface area contributed by atoms with Gasteiger partial charge in [-0.1, -0.05) is 13.1 Å². The zero-order valence-corrected chi connectivity index (χ0v) is 16.5. The Morgan fingerprint density at radius 3 is 1.00 bits per heavy atom. The molecule has 0 bridgehead atoms. The molecule has 0 aliphatic heterocycles. The first-order valence-electron chi connectivity index (χ1n) is 6.16. The first-order chi connectivity index (χ1) is 8.55. The van der Waals surface area contributed by atoms with Crippen LogP contribution in [0.4, 0.5) is 0 Å². The second-order valence-electron chi connectivity index (χ2n) is 5.29. The van der Waals surface area contributed by atoms with Gasteiger partial charge in [-0.25, -0.2) is 0 Å². The summed E-state index contributed by atoms with van der Waals surface area (Å²) in [7, 11) is -0.0897. The predicted octanol–water partition coefficient (Wildman–Crippen LogP) is 2.69. The van der Waals surface area contributed by atoms with Gasteiger partial charge in [0.25, 0.3) is 0 Å². The van der Waals surface area contributed by atoms with Gasteiger partial charge in [0.15, 0.2) is 0 Å². The standard InChI is InChI=1S/C12H28O4Si3/c1-11(18(9,13-3)14-4)17(7,8)12(2)19(10,15-5)16-6/h1-2H2,3-10H3. The topological polar surface area (TPSA) is 36.9 Å². The maximum atomic E-state index is 5.61. The van der Waals surface area contributed by atoms with Crippen LogP contribution in [0.3, 0.4) is 0 Å². The molecule has 0 unspecified atom stereocenters. The van der Waals surface area contributed by atoms with Crippen LogP contribution in [0.25, 0.3) is 0 Å². The Labute approximate surface area is 120 Å². The van der Waals surface area contributed by atoms with E-state index in [1.165, 1.54) is 0 Å². The van der Waals surface area contributed by atoms with E-state index in [2.05, 4.69) is 26.3 Å². The normalized spacial score (nSPS) is 13.5. The fourth-order valence-electron chi connectivity index (χ4n) is 1.98. The van der Waals surface area contributed by atoms with Crippen LogP contribution in [0.5, 0.6) is 0 Å². The van der Waals surface area contributed by atoms with E-state index in [0.717, 1.165) is 9.64 Å². The molecule has 0 aromatic heterocycles. The molecule has 4 nitrogen and oxygen atoms in total. The maximum absolute atomic E-state index is 5.61. The Hall–Kier alpha value is -0.0294. The zero-order valence-electron chi connectivity index (χ0n) is 13.5. The SMILES string of the molecule is C=C([Si](C)(OC)OC)[Si](C)(C)C(=C)[Si](C)(OC)OC. The van der Waals surface area contributed by atoms with Crippen molar-refractivity contribution in [3.05, 3.63) is 22.8 Å². The summed E-state index contributed by atoms with van der Waals surface area (Å²) in [5.74, 6) is 0. The zero-order chi connectivity index (χ0) is 15.5. The van der Waals surface area contributed by atoms with Crippen LogP contribution in [0, 0.1) is 0 Å². The lowest BCUT2D eigenvalue weighted by Crippen LogP contribution is -2.56. The van der Waals surface area contributed by atoms with E-state index in [1.54, 1.807) is 28.4 Å². The number of rotatable bonds is 8. The summed E-state index contributed by atoms with van der Waals surface area (Å²) in [5.41, 5.74) is 0. The number of hydrogen-bond acceptors (Lipinski definition) is 4. The van der Waals surface area contributed by atoms with Crippen molar-refractivity contribution in [2.45, 2.75) is 26.2 Å². The average molecular weight is 321 g/mol. The van der Waals surface area contributed by atoms with Gasteiger partial charge in [0, 0.05) is 28.4 Å². The second-order valence-corrected chi connectivity index (χ2v) is 17.4. The van der Waals surface area contributed by atoms with Crippen molar-refractivity contribution in [1.29, 1.82) is 0 Å². The van der Waals surface area contributed by atoms with Gasteiger partial charge in [-0.05, 0) is 22.7 Å². The van der Waals surface area contributed by atoms with Crippen molar-refractivity contribution in [2.24, 2.45) is 0 Å². The summed E-state index contributed by atoms with van der Waals surface area (Å²) < 4.78 is 22.4. The van der Waals surface area contributed by atoms with Gasteiger partial charge < -0.3 is 17.7 Å². The minimum atomic E-state index is -2.39. The monoisotopic (exact) mass is 320 g/mol. The Balaban J connectivity index is 5.50. The van der Waals surface area contributed by atoms with Crippen LogP contribution in [0.1, 0.15) is 0 Å². The molecule has 0 N–H and O–H groups in total. The van der Waals surface area contributed by atoms with E-state index in [0.29, 0.717) is 0 Å². The molecule has 0 radical (unpaired) electrons. The van der Waals surface area contributed by atoms with Gasteiger partial charge in [0.05, 0.1) is 0 Å². The molecule has 0 spiro atoms. The molecule has 0 aromatic rings. The van der Waals surface area contributed by atoms with Crippen LogP contribution < -0.4 is 0 Å². The first-order valence-corrected chi connectivity index (χ1v) is 13.8. The fraction of sp³-hybridized carbons (Fsp3) is 0.667. The lowest BCUT2D eigenvalue weighted by molar-refractivity contribution is 0.261. The van der Waals surface area contributed by atoms with Crippen molar-refractivity contribution >= 4 is 25.2 Å². The summed E-state index contributed by atoms with van der Waals surface area (Å²) in [6.45, 7) is 17.0. The van der Waals surface area contributed by atoms with Crippen LogP contribution in [-0.2, 0) is 17.7 Å². The van der Waals surface area contributed by atoms with Gasteiger partial charge >= 0.3 is 17.1 Å². The Bertz CT molecular complexity index is 315. The molecule has 0 saturated carbocycles. The van der Waals surface area contributed by atoms with E-state index >= 15 is 0 Å². The Morgan fingerprint density at radius 2 is 0.842 bits per heavy atom. The smallest absolute Gasteiger partial charge is 0.360 e. The third kappa shape index (κ3) is 3.54. The van der Waals surface area contributed by atoms with E-state index in [1.807, 2.05) is 13.1 Å².